The van der Waals surface area contributed by atoms with Crippen molar-refractivity contribution in [1.29, 1.82) is 0 Å². The Hall–Kier alpha value is -3.32. The SMILES string of the molecule is CCOCCc1cnc(-c2cc(F)c(OC)c(F)c2)c(-c2ccc(C(=O)O)c(C)c2)c1. The third-order valence-electron chi connectivity index (χ3n) is 4.93. The summed E-state index contributed by atoms with van der Waals surface area (Å²) in [6.45, 7) is 4.72. The molecule has 1 N–H and O–H groups in total. The summed E-state index contributed by atoms with van der Waals surface area (Å²) < 4.78 is 38.9. The molecule has 1 aromatic heterocycles. The zero-order valence-electron chi connectivity index (χ0n) is 17.5. The van der Waals surface area contributed by atoms with Crippen LogP contribution in [0.25, 0.3) is 22.4 Å². The third-order valence-corrected chi connectivity index (χ3v) is 4.93. The Morgan fingerprint density at radius 2 is 1.81 bits per heavy atom. The predicted octanol–water partition coefficient (Wildman–Crippen LogP) is 5.29. The standard InChI is InChI=1S/C24H23F2NO4/c1-4-31-8-7-15-10-19(16-5-6-18(24(28)29)14(2)9-16)22(27-13-15)17-11-20(25)23(30-3)21(26)12-17/h5-6,9-13H,4,7-8H2,1-3H3,(H,28,29). The van der Waals surface area contributed by atoms with E-state index in [1.807, 2.05) is 13.0 Å². The third kappa shape index (κ3) is 4.88. The second kappa shape index (κ2) is 9.66. The fourth-order valence-electron chi connectivity index (χ4n) is 3.39. The summed E-state index contributed by atoms with van der Waals surface area (Å²) in [5.74, 6) is -3.14. The molecule has 0 saturated carbocycles. The average molecular weight is 427 g/mol. The number of pyridine rings is 1. The average Bonchev–Trinajstić information content (AvgIpc) is 2.73. The van der Waals surface area contributed by atoms with Crippen LogP contribution in [0.15, 0.2) is 42.6 Å². The molecular formula is C24H23F2NO4. The Morgan fingerprint density at radius 3 is 2.39 bits per heavy atom. The van der Waals surface area contributed by atoms with Gasteiger partial charge in [0.05, 0.1) is 25.0 Å². The lowest BCUT2D eigenvalue weighted by atomic mass is 9.94. The smallest absolute Gasteiger partial charge is 0.335 e. The van der Waals surface area contributed by atoms with Crippen LogP contribution < -0.4 is 4.74 Å². The number of ether oxygens (including phenoxy) is 2. The Morgan fingerprint density at radius 1 is 1.10 bits per heavy atom. The number of carboxylic acid groups (broad SMARTS) is 1. The fraction of sp³-hybridized carbons (Fsp3) is 0.250. The summed E-state index contributed by atoms with van der Waals surface area (Å²) in [7, 11) is 1.20. The monoisotopic (exact) mass is 427 g/mol. The van der Waals surface area contributed by atoms with E-state index in [0.717, 1.165) is 5.56 Å². The number of benzene rings is 2. The largest absolute Gasteiger partial charge is 0.491 e. The summed E-state index contributed by atoms with van der Waals surface area (Å²) in [6, 6.07) is 9.14. The van der Waals surface area contributed by atoms with Gasteiger partial charge >= 0.3 is 5.97 Å². The maximum Gasteiger partial charge on any atom is 0.335 e. The number of rotatable bonds is 8. The van der Waals surface area contributed by atoms with Gasteiger partial charge in [0.2, 0.25) is 0 Å². The summed E-state index contributed by atoms with van der Waals surface area (Å²) >= 11 is 0. The first kappa shape index (κ1) is 22.4. The number of nitrogens with zero attached hydrogens (tertiary/aromatic N) is 1. The molecule has 3 rings (SSSR count). The van der Waals surface area contributed by atoms with E-state index >= 15 is 0 Å². The highest BCUT2D eigenvalue weighted by molar-refractivity contribution is 5.91. The van der Waals surface area contributed by atoms with E-state index in [0.29, 0.717) is 42.0 Å². The number of methoxy groups -OCH3 is 1. The van der Waals surface area contributed by atoms with E-state index in [1.54, 1.807) is 25.3 Å². The minimum Gasteiger partial charge on any atom is -0.491 e. The second-order valence-corrected chi connectivity index (χ2v) is 6.99. The van der Waals surface area contributed by atoms with E-state index in [1.165, 1.54) is 25.3 Å². The van der Waals surface area contributed by atoms with Crippen LogP contribution in [0.2, 0.25) is 0 Å². The van der Waals surface area contributed by atoms with Gasteiger partial charge in [-0.15, -0.1) is 0 Å². The molecule has 0 aliphatic heterocycles. The van der Waals surface area contributed by atoms with Crippen LogP contribution in [0.5, 0.6) is 5.75 Å². The summed E-state index contributed by atoms with van der Waals surface area (Å²) in [5.41, 5.74) is 3.61. The van der Waals surface area contributed by atoms with Crippen molar-refractivity contribution in [3.05, 3.63) is 70.9 Å². The first-order valence-corrected chi connectivity index (χ1v) is 9.80. The van der Waals surface area contributed by atoms with E-state index in [2.05, 4.69) is 4.98 Å². The van der Waals surface area contributed by atoms with Crippen LogP contribution in [-0.4, -0.2) is 36.4 Å². The minimum atomic E-state index is -1.02. The molecule has 0 radical (unpaired) electrons. The number of hydrogen-bond donors (Lipinski definition) is 1. The number of carbonyl (C=O) groups is 1. The highest BCUT2D eigenvalue weighted by atomic mass is 19.1. The molecule has 0 aliphatic carbocycles. The quantitative estimate of drug-likeness (QED) is 0.495. The van der Waals surface area contributed by atoms with Gasteiger partial charge in [-0.25, -0.2) is 13.6 Å². The molecule has 0 saturated heterocycles. The minimum absolute atomic E-state index is 0.187. The number of carboxylic acids is 1. The van der Waals surface area contributed by atoms with E-state index in [9.17, 15) is 18.7 Å². The van der Waals surface area contributed by atoms with Crippen molar-refractivity contribution in [2.45, 2.75) is 20.3 Å². The molecule has 1 heterocycles. The molecule has 0 atom stereocenters. The van der Waals surface area contributed by atoms with Crippen molar-refractivity contribution in [2.24, 2.45) is 0 Å². The molecule has 3 aromatic rings. The Bertz CT molecular complexity index is 1090. The van der Waals surface area contributed by atoms with Crippen molar-refractivity contribution in [2.75, 3.05) is 20.3 Å². The van der Waals surface area contributed by atoms with Crippen LogP contribution in [0.3, 0.4) is 0 Å². The Kier molecular flexibility index (Phi) is 6.97. The number of halogens is 2. The highest BCUT2D eigenvalue weighted by Crippen LogP contribution is 2.35. The number of aryl methyl sites for hydroxylation is 1. The van der Waals surface area contributed by atoms with Gasteiger partial charge in [0.1, 0.15) is 0 Å². The van der Waals surface area contributed by atoms with Gasteiger partial charge in [0, 0.05) is 23.9 Å². The normalized spacial score (nSPS) is 10.9. The van der Waals surface area contributed by atoms with E-state index in [4.69, 9.17) is 9.47 Å². The molecule has 7 heteroatoms. The summed E-state index contributed by atoms with van der Waals surface area (Å²) in [6.07, 6.45) is 2.27. The molecule has 31 heavy (non-hydrogen) atoms. The zero-order valence-corrected chi connectivity index (χ0v) is 17.5. The van der Waals surface area contributed by atoms with Crippen LogP contribution in [0.1, 0.15) is 28.4 Å². The lowest BCUT2D eigenvalue weighted by Crippen LogP contribution is -2.02. The van der Waals surface area contributed by atoms with Gasteiger partial charge in [-0.1, -0.05) is 12.1 Å². The number of aromatic nitrogens is 1. The van der Waals surface area contributed by atoms with Gasteiger partial charge in [0.25, 0.3) is 0 Å². The van der Waals surface area contributed by atoms with Crippen molar-refractivity contribution in [1.82, 2.24) is 4.98 Å². The lowest BCUT2D eigenvalue weighted by Gasteiger charge is -2.14. The number of aromatic carboxylic acids is 1. The van der Waals surface area contributed by atoms with E-state index < -0.39 is 23.4 Å². The molecule has 0 amide bonds. The van der Waals surface area contributed by atoms with Crippen LogP contribution in [0, 0.1) is 18.6 Å². The Labute approximate surface area is 179 Å². The maximum absolute atomic E-state index is 14.3. The number of hydrogen-bond acceptors (Lipinski definition) is 4. The first-order valence-electron chi connectivity index (χ1n) is 9.80. The van der Waals surface area contributed by atoms with Gasteiger partial charge in [-0.3, -0.25) is 4.98 Å². The maximum atomic E-state index is 14.3. The van der Waals surface area contributed by atoms with Crippen LogP contribution in [-0.2, 0) is 11.2 Å². The topological polar surface area (TPSA) is 68.7 Å². The first-order chi connectivity index (χ1) is 14.8. The van der Waals surface area contributed by atoms with Crippen molar-refractivity contribution in [3.63, 3.8) is 0 Å². The lowest BCUT2D eigenvalue weighted by molar-refractivity contribution is 0.0696. The summed E-state index contributed by atoms with van der Waals surface area (Å²) in [4.78, 5) is 15.9. The fourth-order valence-corrected chi connectivity index (χ4v) is 3.39. The van der Waals surface area contributed by atoms with E-state index in [-0.39, 0.29) is 11.1 Å². The highest BCUT2D eigenvalue weighted by Gasteiger charge is 2.18. The van der Waals surface area contributed by atoms with Crippen molar-refractivity contribution >= 4 is 5.97 Å². The second-order valence-electron chi connectivity index (χ2n) is 6.99. The Balaban J connectivity index is 2.16. The van der Waals surface area contributed by atoms with Crippen LogP contribution >= 0.6 is 0 Å². The molecule has 162 valence electrons. The van der Waals surface area contributed by atoms with Crippen LogP contribution in [0.4, 0.5) is 8.78 Å². The summed E-state index contributed by atoms with van der Waals surface area (Å²) in [5, 5.41) is 9.31. The molecule has 2 aromatic carbocycles. The van der Waals surface area contributed by atoms with Crippen molar-refractivity contribution < 1.29 is 28.2 Å². The molecule has 0 unspecified atom stereocenters. The molecule has 0 bridgehead atoms. The predicted molar refractivity (Wildman–Crippen MR) is 113 cm³/mol. The molecular weight excluding hydrogens is 404 g/mol. The molecule has 0 aliphatic rings. The van der Waals surface area contributed by atoms with Gasteiger partial charge < -0.3 is 14.6 Å². The molecule has 0 fully saturated rings. The van der Waals surface area contributed by atoms with Gasteiger partial charge in [-0.2, -0.15) is 0 Å². The molecule has 0 spiro atoms. The molecule has 5 nitrogen and oxygen atoms in total. The van der Waals surface area contributed by atoms with Crippen molar-refractivity contribution in [3.8, 4) is 28.1 Å². The van der Waals surface area contributed by atoms with Gasteiger partial charge in [-0.05, 0) is 61.2 Å². The van der Waals surface area contributed by atoms with Gasteiger partial charge in [0.15, 0.2) is 17.4 Å². The zero-order chi connectivity index (χ0) is 22.5.